The van der Waals surface area contributed by atoms with Crippen molar-refractivity contribution >= 4 is 39.3 Å². The minimum absolute atomic E-state index is 0.881. The van der Waals surface area contributed by atoms with E-state index in [4.69, 9.17) is 12.2 Å². The van der Waals surface area contributed by atoms with Crippen molar-refractivity contribution in [1.29, 1.82) is 0 Å². The zero-order chi connectivity index (χ0) is 6.97. The van der Waals surface area contributed by atoms with Crippen LogP contribution in [-0.4, -0.2) is 14.0 Å². The molecule has 2 aliphatic rings. The van der Waals surface area contributed by atoms with Crippen LogP contribution in [0.4, 0.5) is 0 Å². The van der Waals surface area contributed by atoms with Crippen LogP contribution in [0.25, 0.3) is 0 Å². The summed E-state index contributed by atoms with van der Waals surface area (Å²) in [4.78, 5) is 0. The summed E-state index contributed by atoms with van der Waals surface area (Å²) in [6, 6.07) is 0. The maximum Gasteiger partial charge on any atom is 0.104 e. The van der Waals surface area contributed by atoms with Gasteiger partial charge in [0, 0.05) is 10.5 Å². The van der Waals surface area contributed by atoms with E-state index in [9.17, 15) is 0 Å². The van der Waals surface area contributed by atoms with Crippen LogP contribution in [0.2, 0.25) is 0 Å². The molecule has 3 heteroatoms. The highest BCUT2D eigenvalue weighted by Crippen LogP contribution is 2.46. The third-order valence-electron chi connectivity index (χ3n) is 2.14. The second kappa shape index (κ2) is 3.03. The first-order valence-electron chi connectivity index (χ1n) is 3.73. The van der Waals surface area contributed by atoms with E-state index in [-0.39, 0.29) is 0 Å². The van der Waals surface area contributed by atoms with Crippen LogP contribution >= 0.6 is 35.7 Å². The third-order valence-corrected chi connectivity index (χ3v) is 5.58. The lowest BCUT2D eigenvalue weighted by Gasteiger charge is -2.21. The summed E-state index contributed by atoms with van der Waals surface area (Å²) in [5.74, 6) is 0. The maximum absolute atomic E-state index is 5.16. The second-order valence-electron chi connectivity index (χ2n) is 2.85. The molecule has 0 spiro atoms. The number of hydrogen-bond donors (Lipinski definition) is 0. The zero-order valence-electron chi connectivity index (χ0n) is 5.71. The molecule has 1 aliphatic carbocycles. The fourth-order valence-electron chi connectivity index (χ4n) is 1.61. The standard InChI is InChI=1S/C7H10S3/c8-7-9-5-3-1-2-4-6(5)10-7/h5-6H,1-4H2. The van der Waals surface area contributed by atoms with E-state index in [1.54, 1.807) is 0 Å². The van der Waals surface area contributed by atoms with Crippen LogP contribution < -0.4 is 0 Å². The average molecular weight is 190 g/mol. The predicted octanol–water partition coefficient (Wildman–Crippen LogP) is 3.06. The molecule has 0 radical (unpaired) electrons. The SMILES string of the molecule is S=C1SC2CCCCC2S1. The number of fused-ring (bicyclic) bond motifs is 1. The molecule has 2 unspecified atom stereocenters. The summed E-state index contributed by atoms with van der Waals surface area (Å²) >= 11 is 9.05. The first kappa shape index (κ1) is 7.44. The van der Waals surface area contributed by atoms with Crippen molar-refractivity contribution in [2.75, 3.05) is 0 Å². The summed E-state index contributed by atoms with van der Waals surface area (Å²) < 4.78 is 1.19. The van der Waals surface area contributed by atoms with Crippen molar-refractivity contribution in [1.82, 2.24) is 0 Å². The van der Waals surface area contributed by atoms with Gasteiger partial charge in [0.05, 0.1) is 0 Å². The van der Waals surface area contributed by atoms with Gasteiger partial charge in [0.25, 0.3) is 0 Å². The van der Waals surface area contributed by atoms with Gasteiger partial charge in [-0.2, -0.15) is 0 Å². The quantitative estimate of drug-likeness (QED) is 0.539. The van der Waals surface area contributed by atoms with Crippen LogP contribution in [0, 0.1) is 0 Å². The topological polar surface area (TPSA) is 0 Å². The lowest BCUT2D eigenvalue weighted by molar-refractivity contribution is 0.532. The van der Waals surface area contributed by atoms with Gasteiger partial charge in [0.2, 0.25) is 0 Å². The van der Waals surface area contributed by atoms with Crippen molar-refractivity contribution in [2.24, 2.45) is 0 Å². The number of hydrogen-bond acceptors (Lipinski definition) is 3. The van der Waals surface area contributed by atoms with Gasteiger partial charge in [-0.25, -0.2) is 0 Å². The monoisotopic (exact) mass is 190 g/mol. The minimum Gasteiger partial charge on any atom is -0.103 e. The Labute approximate surface area is 75.5 Å². The molecule has 1 heterocycles. The molecule has 56 valence electrons. The lowest BCUT2D eigenvalue weighted by Crippen LogP contribution is -2.19. The van der Waals surface area contributed by atoms with Gasteiger partial charge in [-0.1, -0.05) is 25.1 Å². The number of rotatable bonds is 0. The average Bonchev–Trinajstić information content (AvgIpc) is 2.27. The Kier molecular flexibility index (Phi) is 2.26. The van der Waals surface area contributed by atoms with Gasteiger partial charge in [-0.15, -0.1) is 23.5 Å². The molecular formula is C7H10S3. The molecule has 1 saturated carbocycles. The molecule has 2 rings (SSSR count). The van der Waals surface area contributed by atoms with Gasteiger partial charge in [-0.05, 0) is 12.8 Å². The van der Waals surface area contributed by atoms with E-state index >= 15 is 0 Å². The van der Waals surface area contributed by atoms with E-state index in [0.717, 1.165) is 10.5 Å². The highest BCUT2D eigenvalue weighted by atomic mass is 32.2. The van der Waals surface area contributed by atoms with Gasteiger partial charge in [0.15, 0.2) is 0 Å². The molecule has 10 heavy (non-hydrogen) atoms. The molecule has 0 aromatic rings. The van der Waals surface area contributed by atoms with Crippen molar-refractivity contribution in [3.63, 3.8) is 0 Å². The highest BCUT2D eigenvalue weighted by Gasteiger charge is 2.33. The Bertz CT molecular complexity index is 139. The molecular weight excluding hydrogens is 180 g/mol. The third kappa shape index (κ3) is 1.36. The molecule has 2 fully saturated rings. The van der Waals surface area contributed by atoms with Crippen LogP contribution in [0.1, 0.15) is 25.7 Å². The van der Waals surface area contributed by atoms with Crippen LogP contribution in [0.3, 0.4) is 0 Å². The molecule has 0 aromatic carbocycles. The summed E-state index contributed by atoms with van der Waals surface area (Å²) in [5.41, 5.74) is 0. The number of thiocarbonyl (C=S) groups is 1. The zero-order valence-corrected chi connectivity index (χ0v) is 8.16. The normalized spacial score (nSPS) is 39.8. The number of thioether (sulfide) groups is 2. The molecule has 0 bridgehead atoms. The fraction of sp³-hybridized carbons (Fsp3) is 0.857. The van der Waals surface area contributed by atoms with Crippen molar-refractivity contribution in [3.05, 3.63) is 0 Å². The van der Waals surface area contributed by atoms with Crippen molar-refractivity contribution in [2.45, 2.75) is 36.2 Å². The molecule has 0 aromatic heterocycles. The summed E-state index contributed by atoms with van der Waals surface area (Å²) in [7, 11) is 0. The van der Waals surface area contributed by atoms with Crippen LogP contribution in [0.5, 0.6) is 0 Å². The van der Waals surface area contributed by atoms with Crippen molar-refractivity contribution < 1.29 is 0 Å². The minimum atomic E-state index is 0.881. The van der Waals surface area contributed by atoms with Crippen molar-refractivity contribution in [3.8, 4) is 0 Å². The Morgan fingerprint density at radius 3 is 2.10 bits per heavy atom. The van der Waals surface area contributed by atoms with Gasteiger partial charge in [0.1, 0.15) is 3.53 Å². The fourth-order valence-corrected chi connectivity index (χ4v) is 5.29. The van der Waals surface area contributed by atoms with Gasteiger partial charge in [-0.3, -0.25) is 0 Å². The first-order valence-corrected chi connectivity index (χ1v) is 5.90. The molecule has 1 aliphatic heterocycles. The highest BCUT2D eigenvalue weighted by molar-refractivity contribution is 8.49. The van der Waals surface area contributed by atoms with E-state index in [2.05, 4.69) is 0 Å². The van der Waals surface area contributed by atoms with E-state index in [1.807, 2.05) is 23.5 Å². The summed E-state index contributed by atoms with van der Waals surface area (Å²) in [5, 5.41) is 1.76. The van der Waals surface area contributed by atoms with E-state index in [0.29, 0.717) is 0 Å². The first-order chi connectivity index (χ1) is 4.86. The summed E-state index contributed by atoms with van der Waals surface area (Å²) in [6.07, 6.45) is 5.67. The van der Waals surface area contributed by atoms with E-state index in [1.165, 1.54) is 29.2 Å². The smallest absolute Gasteiger partial charge is 0.103 e. The molecule has 0 nitrogen and oxygen atoms in total. The Morgan fingerprint density at radius 2 is 1.60 bits per heavy atom. The second-order valence-corrected chi connectivity index (χ2v) is 6.53. The Balaban J connectivity index is 2.04. The predicted molar refractivity (Wildman–Crippen MR) is 53.8 cm³/mol. The maximum atomic E-state index is 5.16. The summed E-state index contributed by atoms with van der Waals surface area (Å²) in [6.45, 7) is 0. The molecule has 2 atom stereocenters. The Morgan fingerprint density at radius 1 is 1.10 bits per heavy atom. The van der Waals surface area contributed by atoms with Crippen LogP contribution in [-0.2, 0) is 0 Å². The Hall–Kier alpha value is 0.790. The molecule has 0 N–H and O–H groups in total. The van der Waals surface area contributed by atoms with Crippen LogP contribution in [0.15, 0.2) is 0 Å². The van der Waals surface area contributed by atoms with Gasteiger partial charge >= 0.3 is 0 Å². The molecule has 1 saturated heterocycles. The lowest BCUT2D eigenvalue weighted by atomic mass is 10.00. The van der Waals surface area contributed by atoms with Gasteiger partial charge < -0.3 is 0 Å². The van der Waals surface area contributed by atoms with E-state index < -0.39 is 0 Å². The molecule has 0 amide bonds. The largest absolute Gasteiger partial charge is 0.104 e.